The molecule has 120 valence electrons. The summed E-state index contributed by atoms with van der Waals surface area (Å²) >= 11 is 1.39. The van der Waals surface area contributed by atoms with E-state index < -0.39 is 5.91 Å². The van der Waals surface area contributed by atoms with Gasteiger partial charge in [0.2, 0.25) is 0 Å². The molecule has 5 heteroatoms. The molecular formula is C19H16N2O2S. The molecule has 0 spiro atoms. The molecule has 0 unspecified atom stereocenters. The molecule has 0 aliphatic rings. The van der Waals surface area contributed by atoms with E-state index in [0.717, 1.165) is 21.3 Å². The summed E-state index contributed by atoms with van der Waals surface area (Å²) in [6.07, 6.45) is 1.59. The zero-order valence-corrected chi connectivity index (χ0v) is 14.2. The fourth-order valence-corrected chi connectivity index (χ4v) is 3.25. The van der Waals surface area contributed by atoms with Gasteiger partial charge < -0.3 is 0 Å². The number of Topliss-reactive ketones (excluding diaryl/α,β-unsaturated/α-hetero) is 1. The van der Waals surface area contributed by atoms with Gasteiger partial charge in [0.25, 0.3) is 5.91 Å². The zero-order valence-electron chi connectivity index (χ0n) is 13.4. The van der Waals surface area contributed by atoms with Crippen molar-refractivity contribution >= 4 is 44.5 Å². The number of amides is 1. The number of thiazole rings is 1. The summed E-state index contributed by atoms with van der Waals surface area (Å²) < 4.78 is 1.00. The highest BCUT2D eigenvalue weighted by Gasteiger charge is 2.16. The second-order valence-electron chi connectivity index (χ2n) is 5.47. The number of carbonyl (C=O) groups is 2. The molecule has 0 radical (unpaired) electrons. The lowest BCUT2D eigenvalue weighted by atomic mass is 10.1. The van der Waals surface area contributed by atoms with Gasteiger partial charge in [-0.25, -0.2) is 4.98 Å². The lowest BCUT2D eigenvalue weighted by molar-refractivity contribution is -0.118. The molecule has 3 rings (SSSR count). The maximum absolute atomic E-state index is 12.5. The van der Waals surface area contributed by atoms with Gasteiger partial charge in [-0.15, -0.1) is 0 Å². The van der Waals surface area contributed by atoms with E-state index in [2.05, 4.69) is 10.3 Å². The predicted molar refractivity (Wildman–Crippen MR) is 98.1 cm³/mol. The maximum Gasteiger partial charge on any atom is 0.261 e. The Morgan fingerprint density at radius 2 is 1.88 bits per heavy atom. The first-order valence-corrected chi connectivity index (χ1v) is 8.31. The van der Waals surface area contributed by atoms with E-state index in [1.807, 2.05) is 55.5 Å². The van der Waals surface area contributed by atoms with Crippen LogP contribution in [0.5, 0.6) is 0 Å². The van der Waals surface area contributed by atoms with Crippen LogP contribution in [-0.2, 0) is 9.59 Å². The minimum absolute atomic E-state index is 0.108. The van der Waals surface area contributed by atoms with Crippen LogP contribution in [0.15, 0.2) is 54.1 Å². The SMILES string of the molecule is CC(=O)/C(=C\c1ccccc1)C(=O)Nc1nc2ccc(C)cc2s1. The lowest BCUT2D eigenvalue weighted by Crippen LogP contribution is -2.18. The van der Waals surface area contributed by atoms with Crippen LogP contribution in [0.1, 0.15) is 18.1 Å². The van der Waals surface area contributed by atoms with Gasteiger partial charge in [-0.1, -0.05) is 47.7 Å². The van der Waals surface area contributed by atoms with Gasteiger partial charge >= 0.3 is 0 Å². The fourth-order valence-electron chi connectivity index (χ4n) is 2.29. The summed E-state index contributed by atoms with van der Waals surface area (Å²) in [5.74, 6) is -0.726. The minimum Gasteiger partial charge on any atom is -0.298 e. The molecular weight excluding hydrogens is 320 g/mol. The van der Waals surface area contributed by atoms with Crippen molar-refractivity contribution in [2.75, 3.05) is 5.32 Å². The summed E-state index contributed by atoms with van der Waals surface area (Å²) in [7, 11) is 0. The largest absolute Gasteiger partial charge is 0.298 e. The molecule has 0 atom stereocenters. The molecule has 4 nitrogen and oxygen atoms in total. The fraction of sp³-hybridized carbons (Fsp3) is 0.105. The van der Waals surface area contributed by atoms with Gasteiger partial charge in [0.1, 0.15) is 0 Å². The number of hydrogen-bond donors (Lipinski definition) is 1. The van der Waals surface area contributed by atoms with Crippen LogP contribution in [0.2, 0.25) is 0 Å². The molecule has 24 heavy (non-hydrogen) atoms. The highest BCUT2D eigenvalue weighted by Crippen LogP contribution is 2.27. The van der Waals surface area contributed by atoms with Gasteiger partial charge in [-0.3, -0.25) is 14.9 Å². The Bertz CT molecular complexity index is 942. The summed E-state index contributed by atoms with van der Waals surface area (Å²) in [6, 6.07) is 15.2. The van der Waals surface area contributed by atoms with E-state index in [1.165, 1.54) is 18.3 Å². The van der Waals surface area contributed by atoms with Crippen LogP contribution >= 0.6 is 11.3 Å². The van der Waals surface area contributed by atoms with E-state index in [9.17, 15) is 9.59 Å². The monoisotopic (exact) mass is 336 g/mol. The van der Waals surface area contributed by atoms with Crippen molar-refractivity contribution in [3.8, 4) is 0 Å². The van der Waals surface area contributed by atoms with Crippen LogP contribution in [0, 0.1) is 6.92 Å². The highest BCUT2D eigenvalue weighted by atomic mass is 32.1. The Morgan fingerprint density at radius 3 is 2.58 bits per heavy atom. The Kier molecular flexibility index (Phi) is 4.53. The summed E-state index contributed by atoms with van der Waals surface area (Å²) in [5.41, 5.74) is 2.88. The number of hydrogen-bond acceptors (Lipinski definition) is 4. The van der Waals surface area contributed by atoms with Crippen molar-refractivity contribution in [3.63, 3.8) is 0 Å². The first kappa shape index (κ1) is 16.1. The molecule has 1 amide bonds. The summed E-state index contributed by atoms with van der Waals surface area (Å²) in [5, 5.41) is 3.22. The number of nitrogens with zero attached hydrogens (tertiary/aromatic N) is 1. The van der Waals surface area contributed by atoms with E-state index in [0.29, 0.717) is 5.13 Å². The standard InChI is InChI=1S/C19H16N2O2S/c1-12-8-9-16-17(10-12)24-19(20-16)21-18(23)15(13(2)22)11-14-6-4-3-5-7-14/h3-11H,1-2H3,(H,20,21,23)/b15-11+. The van der Waals surface area contributed by atoms with Crippen molar-refractivity contribution in [3.05, 3.63) is 65.2 Å². The Hall–Kier alpha value is -2.79. The second-order valence-corrected chi connectivity index (χ2v) is 6.50. The zero-order chi connectivity index (χ0) is 17.1. The van der Waals surface area contributed by atoms with E-state index in [-0.39, 0.29) is 11.4 Å². The first-order chi connectivity index (χ1) is 11.5. The number of benzene rings is 2. The third-order valence-electron chi connectivity index (χ3n) is 3.50. The molecule has 3 aromatic rings. The Balaban J connectivity index is 1.87. The summed E-state index contributed by atoms with van der Waals surface area (Å²) in [4.78, 5) is 28.7. The Morgan fingerprint density at radius 1 is 1.12 bits per heavy atom. The smallest absolute Gasteiger partial charge is 0.261 e. The molecule has 0 aliphatic carbocycles. The van der Waals surface area contributed by atoms with Gasteiger partial charge in [0, 0.05) is 0 Å². The number of aryl methyl sites for hydroxylation is 1. The average Bonchev–Trinajstić information content (AvgIpc) is 2.94. The highest BCUT2D eigenvalue weighted by molar-refractivity contribution is 7.22. The van der Waals surface area contributed by atoms with Crippen molar-refractivity contribution in [1.82, 2.24) is 4.98 Å². The van der Waals surface area contributed by atoms with Gasteiger partial charge in [-0.2, -0.15) is 0 Å². The number of fused-ring (bicyclic) bond motifs is 1. The molecule has 0 saturated carbocycles. The topological polar surface area (TPSA) is 59.1 Å². The van der Waals surface area contributed by atoms with Crippen LogP contribution in [-0.4, -0.2) is 16.7 Å². The second kappa shape index (κ2) is 6.76. The molecule has 0 saturated heterocycles. The van der Waals surface area contributed by atoms with Crippen molar-refractivity contribution in [2.45, 2.75) is 13.8 Å². The molecule has 1 aromatic heterocycles. The van der Waals surface area contributed by atoms with Gasteiger partial charge in [-0.05, 0) is 43.2 Å². The molecule has 1 heterocycles. The van der Waals surface area contributed by atoms with E-state index in [4.69, 9.17) is 0 Å². The molecule has 2 aromatic carbocycles. The number of rotatable bonds is 4. The third-order valence-corrected chi connectivity index (χ3v) is 4.43. The van der Waals surface area contributed by atoms with E-state index >= 15 is 0 Å². The number of aromatic nitrogens is 1. The van der Waals surface area contributed by atoms with Crippen LogP contribution in [0.25, 0.3) is 16.3 Å². The lowest BCUT2D eigenvalue weighted by Gasteiger charge is -2.04. The van der Waals surface area contributed by atoms with Crippen molar-refractivity contribution < 1.29 is 9.59 Å². The number of ketones is 1. The van der Waals surface area contributed by atoms with Crippen LogP contribution in [0.4, 0.5) is 5.13 Å². The minimum atomic E-state index is -0.442. The van der Waals surface area contributed by atoms with Crippen LogP contribution < -0.4 is 5.32 Å². The van der Waals surface area contributed by atoms with Gasteiger partial charge in [0.15, 0.2) is 10.9 Å². The predicted octanol–water partition coefficient (Wildman–Crippen LogP) is 4.22. The third kappa shape index (κ3) is 3.58. The molecule has 0 fully saturated rings. The molecule has 0 aliphatic heterocycles. The summed E-state index contributed by atoms with van der Waals surface area (Å²) in [6.45, 7) is 3.39. The number of carbonyl (C=O) groups excluding carboxylic acids is 2. The number of nitrogens with one attached hydrogen (secondary N) is 1. The average molecular weight is 336 g/mol. The quantitative estimate of drug-likeness (QED) is 0.441. The first-order valence-electron chi connectivity index (χ1n) is 7.49. The Labute approximate surface area is 143 Å². The molecule has 1 N–H and O–H groups in total. The van der Waals surface area contributed by atoms with E-state index in [1.54, 1.807) is 6.08 Å². The van der Waals surface area contributed by atoms with Crippen LogP contribution in [0.3, 0.4) is 0 Å². The normalized spacial score (nSPS) is 11.5. The van der Waals surface area contributed by atoms with Gasteiger partial charge in [0.05, 0.1) is 15.8 Å². The number of anilines is 1. The van der Waals surface area contributed by atoms with Crippen molar-refractivity contribution in [2.24, 2.45) is 0 Å². The van der Waals surface area contributed by atoms with Crippen molar-refractivity contribution in [1.29, 1.82) is 0 Å². The molecule has 0 bridgehead atoms. The maximum atomic E-state index is 12.5.